The Hall–Kier alpha value is -2.81. The number of ether oxygens (including phenoxy) is 1. The van der Waals surface area contributed by atoms with Gasteiger partial charge in [-0.3, -0.25) is 4.79 Å². The predicted molar refractivity (Wildman–Crippen MR) is 146 cm³/mol. The fraction of sp³-hybridized carbons (Fsp3) is 0.125. The lowest BCUT2D eigenvalue weighted by Gasteiger charge is -2.17. The Morgan fingerprint density at radius 1 is 1.08 bits per heavy atom. The topological polar surface area (TPSA) is 134 Å². The van der Waals surface area contributed by atoms with Gasteiger partial charge in [0.25, 0.3) is 5.91 Å². The van der Waals surface area contributed by atoms with Crippen LogP contribution in [-0.4, -0.2) is 44.3 Å². The zero-order valence-electron chi connectivity index (χ0n) is 18.6. The number of nitrogens with one attached hydrogen (secondary N) is 2. The van der Waals surface area contributed by atoms with Gasteiger partial charge in [-0.15, -0.1) is 0 Å². The smallest absolute Gasteiger partial charge is 0.341 e. The Morgan fingerprint density at radius 3 is 2.42 bits per heavy atom. The molecule has 0 saturated carbocycles. The Balaban J connectivity index is 1.73. The van der Waals surface area contributed by atoms with E-state index in [2.05, 4.69) is 53.8 Å². The van der Waals surface area contributed by atoms with E-state index in [0.29, 0.717) is 15.8 Å². The first kappa shape index (κ1) is 27.8. The van der Waals surface area contributed by atoms with Gasteiger partial charge in [0.15, 0.2) is 6.61 Å². The molecule has 0 aliphatic rings. The van der Waals surface area contributed by atoms with E-state index in [-0.39, 0.29) is 11.3 Å². The maximum absolute atomic E-state index is 12.9. The third kappa shape index (κ3) is 8.40. The maximum atomic E-state index is 12.9. The molecule has 12 heteroatoms. The highest BCUT2D eigenvalue weighted by molar-refractivity contribution is 14.1. The second-order valence-electron chi connectivity index (χ2n) is 7.42. The van der Waals surface area contributed by atoms with E-state index in [1.54, 1.807) is 54.6 Å². The molecule has 36 heavy (non-hydrogen) atoms. The standard InChI is InChI=1S/C24H21BrIN3O6S/c25-20-12-17(6-11-22(20)35-15-23(30)31)14-27-28-24(32)21(13-16-4-2-1-3-5-16)29-36(33,34)19-9-7-18(26)8-10-19/h1-12,14,21,29H,13,15H2,(H,28,32)(H,30,31)/b27-14-/t21-/m1/s1. The molecule has 1 amide bonds. The summed E-state index contributed by atoms with van der Waals surface area (Å²) in [5, 5.41) is 12.7. The zero-order valence-corrected chi connectivity index (χ0v) is 23.2. The van der Waals surface area contributed by atoms with Crippen LogP contribution in [0.4, 0.5) is 0 Å². The summed E-state index contributed by atoms with van der Waals surface area (Å²) in [4.78, 5) is 23.6. The molecular formula is C24H21BrIN3O6S. The highest BCUT2D eigenvalue weighted by Gasteiger charge is 2.26. The van der Waals surface area contributed by atoms with Crippen LogP contribution in [-0.2, 0) is 26.0 Å². The lowest BCUT2D eigenvalue weighted by molar-refractivity contribution is -0.139. The molecule has 3 rings (SSSR count). The molecule has 188 valence electrons. The van der Waals surface area contributed by atoms with Crippen molar-refractivity contribution in [3.8, 4) is 5.75 Å². The summed E-state index contributed by atoms with van der Waals surface area (Å²) in [6, 6.07) is 19.0. The number of rotatable bonds is 11. The number of sulfonamides is 1. The number of carboxylic acid groups (broad SMARTS) is 1. The van der Waals surface area contributed by atoms with Crippen molar-refractivity contribution >= 4 is 66.6 Å². The predicted octanol–water partition coefficient (Wildman–Crippen LogP) is 3.56. The fourth-order valence-corrected chi connectivity index (χ4v) is 5.07. The number of benzene rings is 3. The molecule has 0 aliphatic heterocycles. The van der Waals surface area contributed by atoms with Crippen molar-refractivity contribution in [1.82, 2.24) is 10.1 Å². The SMILES string of the molecule is O=C(O)COc1ccc(/C=N\NC(=O)[C@@H](Cc2ccccc2)NS(=O)(=O)c2ccc(I)cc2)cc1Br. The van der Waals surface area contributed by atoms with Crippen LogP contribution in [0.25, 0.3) is 0 Å². The molecule has 3 aromatic carbocycles. The Kier molecular flexibility index (Phi) is 9.98. The third-order valence-electron chi connectivity index (χ3n) is 4.72. The third-order valence-corrected chi connectivity index (χ3v) is 7.54. The quantitative estimate of drug-likeness (QED) is 0.161. The van der Waals surface area contributed by atoms with Crippen LogP contribution < -0.4 is 14.9 Å². The van der Waals surface area contributed by atoms with E-state index in [0.717, 1.165) is 9.13 Å². The van der Waals surface area contributed by atoms with Crippen LogP contribution in [0.5, 0.6) is 5.75 Å². The van der Waals surface area contributed by atoms with Crippen LogP contribution >= 0.6 is 38.5 Å². The first-order valence-corrected chi connectivity index (χ1v) is 13.8. The largest absolute Gasteiger partial charge is 0.481 e. The van der Waals surface area contributed by atoms with Gasteiger partial charge in [-0.1, -0.05) is 30.3 Å². The normalized spacial score (nSPS) is 12.3. The van der Waals surface area contributed by atoms with Crippen LogP contribution in [0.1, 0.15) is 11.1 Å². The minimum atomic E-state index is -3.97. The van der Waals surface area contributed by atoms with Crippen molar-refractivity contribution in [2.75, 3.05) is 6.61 Å². The molecule has 9 nitrogen and oxygen atoms in total. The number of halogens is 2. The zero-order chi connectivity index (χ0) is 26.1. The number of carbonyl (C=O) groups excluding carboxylic acids is 1. The van der Waals surface area contributed by atoms with Crippen molar-refractivity contribution in [2.45, 2.75) is 17.4 Å². The van der Waals surface area contributed by atoms with Gasteiger partial charge in [0.1, 0.15) is 11.8 Å². The second-order valence-corrected chi connectivity index (χ2v) is 11.2. The van der Waals surface area contributed by atoms with Crippen LogP contribution in [0.2, 0.25) is 0 Å². The minimum absolute atomic E-state index is 0.0485. The number of hydrogen-bond acceptors (Lipinski definition) is 6. The summed E-state index contributed by atoms with van der Waals surface area (Å²) in [5.41, 5.74) is 3.75. The molecule has 1 atom stereocenters. The van der Waals surface area contributed by atoms with Crippen molar-refractivity contribution in [3.05, 3.63) is 92.0 Å². The number of carboxylic acids is 1. The lowest BCUT2D eigenvalue weighted by atomic mass is 10.1. The van der Waals surface area contributed by atoms with Gasteiger partial charge in [0, 0.05) is 3.57 Å². The summed E-state index contributed by atoms with van der Waals surface area (Å²) in [5.74, 6) is -1.39. The summed E-state index contributed by atoms with van der Waals surface area (Å²) in [6.45, 7) is -0.483. The number of aliphatic carboxylic acids is 1. The van der Waals surface area contributed by atoms with Crippen LogP contribution in [0.15, 0.2) is 87.3 Å². The number of carbonyl (C=O) groups is 2. The minimum Gasteiger partial charge on any atom is -0.481 e. The van der Waals surface area contributed by atoms with E-state index in [1.165, 1.54) is 18.3 Å². The first-order chi connectivity index (χ1) is 17.1. The number of nitrogens with zero attached hydrogens (tertiary/aromatic N) is 1. The van der Waals surface area contributed by atoms with Gasteiger partial charge in [0.05, 0.1) is 15.6 Å². The van der Waals surface area contributed by atoms with Gasteiger partial charge in [-0.25, -0.2) is 18.6 Å². The van der Waals surface area contributed by atoms with Gasteiger partial charge >= 0.3 is 5.97 Å². The van der Waals surface area contributed by atoms with E-state index in [4.69, 9.17) is 9.84 Å². The summed E-state index contributed by atoms with van der Waals surface area (Å²) in [6.07, 6.45) is 1.49. The van der Waals surface area contributed by atoms with Crippen molar-refractivity contribution in [2.24, 2.45) is 5.10 Å². The van der Waals surface area contributed by atoms with E-state index < -0.39 is 34.5 Å². The molecule has 3 N–H and O–H groups in total. The highest BCUT2D eigenvalue weighted by atomic mass is 127. The molecule has 3 aromatic rings. The number of amides is 1. The number of hydrogen-bond donors (Lipinski definition) is 3. The molecule has 0 radical (unpaired) electrons. The molecule has 0 heterocycles. The van der Waals surface area contributed by atoms with Crippen LogP contribution in [0.3, 0.4) is 0 Å². The first-order valence-electron chi connectivity index (χ1n) is 10.4. The van der Waals surface area contributed by atoms with E-state index in [9.17, 15) is 18.0 Å². The lowest BCUT2D eigenvalue weighted by Crippen LogP contribution is -2.46. The molecule has 0 spiro atoms. The molecule has 0 aromatic heterocycles. The Morgan fingerprint density at radius 2 is 1.78 bits per heavy atom. The maximum Gasteiger partial charge on any atom is 0.341 e. The Labute approximate surface area is 230 Å². The summed E-state index contributed by atoms with van der Waals surface area (Å²) >= 11 is 5.37. The average Bonchev–Trinajstić information content (AvgIpc) is 2.83. The van der Waals surface area contributed by atoms with Crippen molar-refractivity contribution < 1.29 is 27.9 Å². The van der Waals surface area contributed by atoms with Gasteiger partial charge in [0.2, 0.25) is 10.0 Å². The summed E-state index contributed by atoms with van der Waals surface area (Å²) in [7, 11) is -3.97. The van der Waals surface area contributed by atoms with Crippen molar-refractivity contribution in [1.29, 1.82) is 0 Å². The van der Waals surface area contributed by atoms with Gasteiger partial charge in [-0.2, -0.15) is 9.82 Å². The van der Waals surface area contributed by atoms with E-state index in [1.807, 2.05) is 6.07 Å². The summed E-state index contributed by atoms with van der Waals surface area (Å²) < 4.78 is 34.9. The van der Waals surface area contributed by atoms with Gasteiger partial charge < -0.3 is 9.84 Å². The van der Waals surface area contributed by atoms with Gasteiger partial charge in [-0.05, 0) is 98.5 Å². The van der Waals surface area contributed by atoms with Crippen molar-refractivity contribution in [3.63, 3.8) is 0 Å². The molecule has 0 fully saturated rings. The Bertz CT molecular complexity index is 1350. The second kappa shape index (κ2) is 12.9. The number of hydrazone groups is 1. The highest BCUT2D eigenvalue weighted by Crippen LogP contribution is 2.25. The molecule has 0 unspecified atom stereocenters. The average molecular weight is 686 g/mol. The molecule has 0 bridgehead atoms. The van der Waals surface area contributed by atoms with Crippen LogP contribution in [0, 0.1) is 3.57 Å². The molecule has 0 aliphatic carbocycles. The van der Waals surface area contributed by atoms with E-state index >= 15 is 0 Å². The monoisotopic (exact) mass is 685 g/mol. The molecule has 0 saturated heterocycles. The fourth-order valence-electron chi connectivity index (χ4n) is 3.01. The molecular weight excluding hydrogens is 665 g/mol.